The molecule has 0 radical (unpaired) electrons. The molecule has 0 spiro atoms. The molecule has 3 aromatic carbocycles. The number of sulfonamides is 1. The molecule has 0 fully saturated rings. The number of benzene rings is 3. The minimum atomic E-state index is -3.98. The number of para-hydroxylation sites is 2. The average molecular weight is 455 g/mol. The van der Waals surface area contributed by atoms with Crippen LogP contribution in [0, 0.1) is 0 Å². The van der Waals surface area contributed by atoms with Gasteiger partial charge in [0.15, 0.2) is 0 Å². The van der Waals surface area contributed by atoms with E-state index in [9.17, 15) is 18.3 Å². The molecule has 168 valence electrons. The van der Waals surface area contributed by atoms with Gasteiger partial charge in [0.1, 0.15) is 11.5 Å². The van der Waals surface area contributed by atoms with Gasteiger partial charge in [0.25, 0.3) is 10.0 Å². The second-order valence-electron chi connectivity index (χ2n) is 7.20. The SMILES string of the molecule is CCc1ccc(CCC(=O)Nc2cc(S(=O)(=O)Nc3ccccc3OC)ccc2O)cc1. The van der Waals surface area contributed by atoms with Gasteiger partial charge in [-0.3, -0.25) is 9.52 Å². The zero-order chi connectivity index (χ0) is 23.1. The molecule has 0 aliphatic heterocycles. The largest absolute Gasteiger partial charge is 0.506 e. The average Bonchev–Trinajstić information content (AvgIpc) is 2.79. The van der Waals surface area contributed by atoms with Crippen molar-refractivity contribution in [1.29, 1.82) is 0 Å². The van der Waals surface area contributed by atoms with Crippen molar-refractivity contribution < 1.29 is 23.1 Å². The molecule has 1 amide bonds. The summed E-state index contributed by atoms with van der Waals surface area (Å²) in [6.45, 7) is 2.08. The molecule has 7 nitrogen and oxygen atoms in total. The Morgan fingerprint density at radius 3 is 2.34 bits per heavy atom. The van der Waals surface area contributed by atoms with Crippen molar-refractivity contribution >= 4 is 27.3 Å². The van der Waals surface area contributed by atoms with Crippen LogP contribution in [0.1, 0.15) is 24.5 Å². The highest BCUT2D eigenvalue weighted by molar-refractivity contribution is 7.92. The summed E-state index contributed by atoms with van der Waals surface area (Å²) >= 11 is 0. The number of hydrogen-bond acceptors (Lipinski definition) is 5. The van der Waals surface area contributed by atoms with Gasteiger partial charge in [0.05, 0.1) is 23.4 Å². The van der Waals surface area contributed by atoms with E-state index in [1.807, 2.05) is 24.3 Å². The molecular weight excluding hydrogens is 428 g/mol. The second kappa shape index (κ2) is 10.2. The van der Waals surface area contributed by atoms with Crippen LogP contribution in [0.15, 0.2) is 71.6 Å². The number of aryl methyl sites for hydroxylation is 2. The van der Waals surface area contributed by atoms with Crippen LogP contribution in [0.3, 0.4) is 0 Å². The number of amides is 1. The highest BCUT2D eigenvalue weighted by Gasteiger charge is 2.19. The quantitative estimate of drug-likeness (QED) is 0.417. The fourth-order valence-electron chi connectivity index (χ4n) is 3.13. The fraction of sp³-hybridized carbons (Fsp3) is 0.208. The number of ether oxygens (including phenoxy) is 1. The molecule has 3 rings (SSSR count). The highest BCUT2D eigenvalue weighted by Crippen LogP contribution is 2.30. The Labute approximate surface area is 188 Å². The highest BCUT2D eigenvalue weighted by atomic mass is 32.2. The lowest BCUT2D eigenvalue weighted by Gasteiger charge is -2.13. The van der Waals surface area contributed by atoms with E-state index in [1.165, 1.54) is 30.9 Å². The summed E-state index contributed by atoms with van der Waals surface area (Å²) in [6.07, 6.45) is 1.68. The Balaban J connectivity index is 1.70. The molecule has 0 saturated carbocycles. The van der Waals surface area contributed by atoms with E-state index in [0.29, 0.717) is 12.2 Å². The maximum absolute atomic E-state index is 12.8. The zero-order valence-electron chi connectivity index (χ0n) is 18.0. The van der Waals surface area contributed by atoms with Crippen LogP contribution < -0.4 is 14.8 Å². The molecule has 0 bridgehead atoms. The van der Waals surface area contributed by atoms with E-state index in [1.54, 1.807) is 24.3 Å². The Morgan fingerprint density at radius 1 is 0.969 bits per heavy atom. The van der Waals surface area contributed by atoms with Gasteiger partial charge in [-0.25, -0.2) is 8.42 Å². The standard InChI is InChI=1S/C24H26N2O5S/c1-3-17-8-10-18(11-9-17)12-15-24(28)25-21-16-19(13-14-22(21)27)32(29,30)26-20-6-4-5-7-23(20)31-2/h4-11,13-14,16,26-27H,3,12,15H2,1-2H3,(H,25,28). The number of rotatable bonds is 9. The van der Waals surface area contributed by atoms with Gasteiger partial charge in [0, 0.05) is 6.42 Å². The van der Waals surface area contributed by atoms with Crippen LogP contribution in [-0.2, 0) is 27.7 Å². The monoisotopic (exact) mass is 454 g/mol. The third-order valence-corrected chi connectivity index (χ3v) is 6.34. The van der Waals surface area contributed by atoms with Crippen molar-refractivity contribution in [2.45, 2.75) is 31.1 Å². The number of carbonyl (C=O) groups is 1. The Hall–Kier alpha value is -3.52. The Morgan fingerprint density at radius 2 is 1.66 bits per heavy atom. The van der Waals surface area contributed by atoms with Crippen molar-refractivity contribution in [2.75, 3.05) is 17.1 Å². The lowest BCUT2D eigenvalue weighted by atomic mass is 10.1. The first-order valence-electron chi connectivity index (χ1n) is 10.2. The maximum Gasteiger partial charge on any atom is 0.262 e. The van der Waals surface area contributed by atoms with Crippen molar-refractivity contribution in [3.63, 3.8) is 0 Å². The third kappa shape index (κ3) is 5.79. The zero-order valence-corrected chi connectivity index (χ0v) is 18.8. The second-order valence-corrected chi connectivity index (χ2v) is 8.89. The number of phenols is 1. The van der Waals surface area contributed by atoms with E-state index in [0.717, 1.165) is 12.0 Å². The van der Waals surface area contributed by atoms with E-state index >= 15 is 0 Å². The number of carbonyl (C=O) groups excluding carboxylic acids is 1. The molecule has 0 saturated heterocycles. The maximum atomic E-state index is 12.8. The van der Waals surface area contributed by atoms with E-state index in [-0.39, 0.29) is 34.3 Å². The summed E-state index contributed by atoms with van der Waals surface area (Å²) in [4.78, 5) is 12.3. The van der Waals surface area contributed by atoms with Crippen molar-refractivity contribution in [3.8, 4) is 11.5 Å². The van der Waals surface area contributed by atoms with Crippen molar-refractivity contribution in [1.82, 2.24) is 0 Å². The van der Waals surface area contributed by atoms with Crippen LogP contribution in [0.4, 0.5) is 11.4 Å². The number of phenolic OH excluding ortho intramolecular Hbond substituents is 1. The minimum absolute atomic E-state index is 0.0271. The van der Waals surface area contributed by atoms with E-state index in [2.05, 4.69) is 17.0 Å². The molecule has 0 unspecified atom stereocenters. The summed E-state index contributed by atoms with van der Waals surface area (Å²) in [5.74, 6) is -0.177. The molecule has 3 aromatic rings. The van der Waals surface area contributed by atoms with Crippen molar-refractivity contribution in [3.05, 3.63) is 77.9 Å². The van der Waals surface area contributed by atoms with Gasteiger partial charge in [-0.15, -0.1) is 0 Å². The first-order valence-corrected chi connectivity index (χ1v) is 11.7. The van der Waals surface area contributed by atoms with Crippen LogP contribution in [0.25, 0.3) is 0 Å². The molecule has 3 N–H and O–H groups in total. The molecule has 0 aromatic heterocycles. The summed E-state index contributed by atoms with van der Waals surface area (Å²) in [6, 6.07) is 18.4. The number of methoxy groups -OCH3 is 1. The molecular formula is C24H26N2O5S. The summed E-state index contributed by atoms with van der Waals surface area (Å²) < 4.78 is 33.3. The lowest BCUT2D eigenvalue weighted by molar-refractivity contribution is -0.116. The van der Waals surface area contributed by atoms with Gasteiger partial charge < -0.3 is 15.2 Å². The van der Waals surface area contributed by atoms with Crippen molar-refractivity contribution in [2.24, 2.45) is 0 Å². The molecule has 32 heavy (non-hydrogen) atoms. The summed E-state index contributed by atoms with van der Waals surface area (Å²) in [5, 5.41) is 12.7. The third-order valence-electron chi connectivity index (χ3n) is 4.98. The molecule has 0 heterocycles. The topological polar surface area (TPSA) is 105 Å². The first kappa shape index (κ1) is 23.1. The van der Waals surface area contributed by atoms with Gasteiger partial charge in [-0.05, 0) is 54.3 Å². The van der Waals surface area contributed by atoms with Gasteiger partial charge in [-0.2, -0.15) is 0 Å². The summed E-state index contributed by atoms with van der Waals surface area (Å²) in [5.41, 5.74) is 2.56. The number of nitrogens with one attached hydrogen (secondary N) is 2. The Kier molecular flexibility index (Phi) is 7.37. The predicted octanol–water partition coefficient (Wildman–Crippen LogP) is 4.34. The number of anilines is 2. The van der Waals surface area contributed by atoms with Crippen LogP contribution in [0.5, 0.6) is 11.5 Å². The molecule has 0 aliphatic rings. The normalized spacial score (nSPS) is 11.1. The fourth-order valence-corrected chi connectivity index (χ4v) is 4.22. The van der Waals surface area contributed by atoms with Crippen LogP contribution in [0.2, 0.25) is 0 Å². The number of aromatic hydroxyl groups is 1. The van der Waals surface area contributed by atoms with E-state index < -0.39 is 10.0 Å². The predicted molar refractivity (Wildman–Crippen MR) is 125 cm³/mol. The Bertz CT molecular complexity index is 1190. The smallest absolute Gasteiger partial charge is 0.262 e. The molecule has 0 aliphatic carbocycles. The van der Waals surface area contributed by atoms with Crippen LogP contribution in [-0.4, -0.2) is 26.5 Å². The summed E-state index contributed by atoms with van der Waals surface area (Å²) in [7, 11) is -2.53. The van der Waals surface area contributed by atoms with E-state index in [4.69, 9.17) is 4.74 Å². The molecule has 0 atom stereocenters. The number of hydrogen-bond donors (Lipinski definition) is 3. The first-order chi connectivity index (χ1) is 15.3. The van der Waals surface area contributed by atoms with Gasteiger partial charge in [-0.1, -0.05) is 43.3 Å². The minimum Gasteiger partial charge on any atom is -0.506 e. The van der Waals surface area contributed by atoms with Gasteiger partial charge in [0.2, 0.25) is 5.91 Å². The van der Waals surface area contributed by atoms with Gasteiger partial charge >= 0.3 is 0 Å². The molecule has 8 heteroatoms. The van der Waals surface area contributed by atoms with Crippen LogP contribution >= 0.6 is 0 Å². The lowest BCUT2D eigenvalue weighted by Crippen LogP contribution is -2.16.